The van der Waals surface area contributed by atoms with E-state index in [1.54, 1.807) is 0 Å². The van der Waals surface area contributed by atoms with Gasteiger partial charge in [-0.2, -0.15) is 0 Å². The highest BCUT2D eigenvalue weighted by Gasteiger charge is 2.43. The van der Waals surface area contributed by atoms with E-state index >= 15 is 0 Å². The van der Waals surface area contributed by atoms with Gasteiger partial charge in [0.05, 0.1) is 12.0 Å². The Bertz CT molecular complexity index is 520. The van der Waals surface area contributed by atoms with E-state index in [4.69, 9.17) is 4.74 Å². The maximum Gasteiger partial charge on any atom is 0.227 e. The fourth-order valence-corrected chi connectivity index (χ4v) is 3.84. The van der Waals surface area contributed by atoms with Crippen molar-refractivity contribution in [2.75, 3.05) is 26.2 Å². The lowest BCUT2D eigenvalue weighted by atomic mass is 9.73. The van der Waals surface area contributed by atoms with Crippen LogP contribution in [-0.2, 0) is 11.3 Å². The van der Waals surface area contributed by atoms with Gasteiger partial charge in [0.25, 0.3) is 0 Å². The van der Waals surface area contributed by atoms with Crippen LogP contribution in [0.5, 0.6) is 5.75 Å². The summed E-state index contributed by atoms with van der Waals surface area (Å²) in [5.74, 6) is 1.10. The van der Waals surface area contributed by atoms with Crippen molar-refractivity contribution >= 4 is 5.91 Å². The van der Waals surface area contributed by atoms with Crippen molar-refractivity contribution in [1.29, 1.82) is 0 Å². The van der Waals surface area contributed by atoms with Gasteiger partial charge in [0.1, 0.15) is 5.75 Å². The highest BCUT2D eigenvalue weighted by molar-refractivity contribution is 5.83. The number of nitrogens with one attached hydrogen (secondary N) is 1. The molecule has 2 bridgehead atoms. The molecule has 1 N–H and O–H groups in total. The first-order chi connectivity index (χ1) is 10.7. The molecule has 0 spiro atoms. The molecule has 1 amide bonds. The molecular formula is C18H26N2O2. The van der Waals surface area contributed by atoms with Crippen molar-refractivity contribution in [1.82, 2.24) is 10.2 Å². The molecular weight excluding hydrogens is 276 g/mol. The second kappa shape index (κ2) is 6.69. The number of piperidine rings is 2. The van der Waals surface area contributed by atoms with Crippen molar-refractivity contribution < 1.29 is 9.53 Å². The van der Waals surface area contributed by atoms with Crippen molar-refractivity contribution in [3.8, 4) is 5.75 Å². The van der Waals surface area contributed by atoms with Gasteiger partial charge >= 0.3 is 0 Å². The van der Waals surface area contributed by atoms with E-state index in [1.807, 2.05) is 31.2 Å². The smallest absolute Gasteiger partial charge is 0.227 e. The van der Waals surface area contributed by atoms with Crippen LogP contribution < -0.4 is 10.1 Å². The zero-order valence-electron chi connectivity index (χ0n) is 13.4. The molecule has 1 aromatic rings. The number of ether oxygens (including phenoxy) is 1. The molecule has 0 radical (unpaired) electrons. The lowest BCUT2D eigenvalue weighted by Crippen LogP contribution is -2.54. The fourth-order valence-electron chi connectivity index (χ4n) is 3.84. The summed E-state index contributed by atoms with van der Waals surface area (Å²) in [7, 11) is 0. The molecule has 0 saturated carbocycles. The molecule has 22 heavy (non-hydrogen) atoms. The molecule has 2 fully saturated rings. The van der Waals surface area contributed by atoms with Crippen LogP contribution in [0, 0.1) is 5.41 Å². The van der Waals surface area contributed by atoms with Crippen molar-refractivity contribution in [2.24, 2.45) is 5.41 Å². The average molecular weight is 302 g/mol. The predicted octanol–water partition coefficient (Wildman–Crippen LogP) is 2.58. The van der Waals surface area contributed by atoms with Crippen LogP contribution in [0.15, 0.2) is 24.3 Å². The van der Waals surface area contributed by atoms with Gasteiger partial charge in [-0.1, -0.05) is 12.1 Å². The summed E-state index contributed by atoms with van der Waals surface area (Å²) in [5.41, 5.74) is 0.952. The molecule has 0 aromatic heterocycles. The lowest BCUT2D eigenvalue weighted by molar-refractivity contribution is -0.137. The van der Waals surface area contributed by atoms with Crippen LogP contribution in [-0.4, -0.2) is 37.0 Å². The Balaban J connectivity index is 1.61. The number of carbonyl (C=O) groups is 1. The molecule has 3 rings (SSSR count). The minimum atomic E-state index is -0.145. The topological polar surface area (TPSA) is 41.6 Å². The Hall–Kier alpha value is -1.55. The summed E-state index contributed by atoms with van der Waals surface area (Å²) in [5, 5.41) is 3.16. The summed E-state index contributed by atoms with van der Waals surface area (Å²) < 4.78 is 5.51. The van der Waals surface area contributed by atoms with E-state index in [2.05, 4.69) is 10.2 Å². The summed E-state index contributed by atoms with van der Waals surface area (Å²) in [6.45, 7) is 6.48. The molecule has 0 unspecified atom stereocenters. The number of fused-ring (bicyclic) bond motifs is 2. The second-order valence-electron chi connectivity index (χ2n) is 6.53. The molecule has 0 atom stereocenters. The van der Waals surface area contributed by atoms with Crippen molar-refractivity contribution in [3.63, 3.8) is 0 Å². The SMILES string of the molecule is CCOc1cccc(CNC(=O)C23CCCN(CCC2)C3)c1. The van der Waals surface area contributed by atoms with E-state index in [9.17, 15) is 4.79 Å². The minimum absolute atomic E-state index is 0.145. The third-order valence-electron chi connectivity index (χ3n) is 4.93. The normalized spacial score (nSPS) is 27.2. The Kier molecular flexibility index (Phi) is 4.67. The Morgan fingerprint density at radius 1 is 1.32 bits per heavy atom. The van der Waals surface area contributed by atoms with Gasteiger partial charge in [0.2, 0.25) is 5.91 Å². The maximum atomic E-state index is 12.7. The molecule has 2 aliphatic heterocycles. The summed E-state index contributed by atoms with van der Waals surface area (Å²) in [6.07, 6.45) is 4.36. The molecule has 4 nitrogen and oxygen atoms in total. The second-order valence-corrected chi connectivity index (χ2v) is 6.53. The molecule has 2 heterocycles. The lowest BCUT2D eigenvalue weighted by Gasteiger charge is -2.45. The third-order valence-corrected chi connectivity index (χ3v) is 4.93. The van der Waals surface area contributed by atoms with Crippen LogP contribution in [0.2, 0.25) is 0 Å². The van der Waals surface area contributed by atoms with Gasteiger partial charge in [0, 0.05) is 13.1 Å². The van der Waals surface area contributed by atoms with Crippen LogP contribution in [0.25, 0.3) is 0 Å². The minimum Gasteiger partial charge on any atom is -0.494 e. The van der Waals surface area contributed by atoms with E-state index in [0.29, 0.717) is 13.2 Å². The first kappa shape index (κ1) is 15.3. The number of hydrogen-bond donors (Lipinski definition) is 1. The third kappa shape index (κ3) is 3.27. The van der Waals surface area contributed by atoms with Crippen LogP contribution in [0.1, 0.15) is 38.2 Å². The molecule has 120 valence electrons. The Labute approximate surface area is 132 Å². The molecule has 2 aliphatic rings. The number of nitrogens with zero attached hydrogens (tertiary/aromatic N) is 1. The first-order valence-electron chi connectivity index (χ1n) is 8.44. The van der Waals surface area contributed by atoms with E-state index in [-0.39, 0.29) is 11.3 Å². The molecule has 1 aromatic carbocycles. The average Bonchev–Trinajstić information content (AvgIpc) is 2.53. The van der Waals surface area contributed by atoms with Gasteiger partial charge in [-0.05, 0) is 63.4 Å². The number of amides is 1. The zero-order chi connectivity index (χ0) is 15.4. The number of carbonyl (C=O) groups excluding carboxylic acids is 1. The monoisotopic (exact) mass is 302 g/mol. The number of rotatable bonds is 5. The van der Waals surface area contributed by atoms with E-state index < -0.39 is 0 Å². The van der Waals surface area contributed by atoms with Crippen molar-refractivity contribution in [3.05, 3.63) is 29.8 Å². The quantitative estimate of drug-likeness (QED) is 0.909. The standard InChI is InChI=1S/C18H26N2O2/c1-2-22-16-7-3-6-15(12-16)13-19-17(21)18-8-4-10-20(14-18)11-5-9-18/h3,6-7,12H,2,4-5,8-11,13-14H2,1H3,(H,19,21). The maximum absolute atomic E-state index is 12.7. The number of hydrogen-bond acceptors (Lipinski definition) is 3. The molecule has 0 aliphatic carbocycles. The highest BCUT2D eigenvalue weighted by Crippen LogP contribution is 2.38. The van der Waals surface area contributed by atoms with Gasteiger partial charge in [-0.3, -0.25) is 4.79 Å². The van der Waals surface area contributed by atoms with Gasteiger partial charge in [-0.15, -0.1) is 0 Å². The predicted molar refractivity (Wildman–Crippen MR) is 86.8 cm³/mol. The highest BCUT2D eigenvalue weighted by atomic mass is 16.5. The summed E-state index contributed by atoms with van der Waals surface area (Å²) >= 11 is 0. The van der Waals surface area contributed by atoms with E-state index in [1.165, 1.54) is 0 Å². The van der Waals surface area contributed by atoms with Gasteiger partial charge < -0.3 is 15.0 Å². The molecule has 2 saturated heterocycles. The largest absolute Gasteiger partial charge is 0.494 e. The summed E-state index contributed by atoms with van der Waals surface area (Å²) in [6, 6.07) is 7.98. The Morgan fingerprint density at radius 2 is 2.09 bits per heavy atom. The fraction of sp³-hybridized carbons (Fsp3) is 0.611. The van der Waals surface area contributed by atoms with Gasteiger partial charge in [-0.25, -0.2) is 0 Å². The first-order valence-corrected chi connectivity index (χ1v) is 8.44. The summed E-state index contributed by atoms with van der Waals surface area (Å²) in [4.78, 5) is 15.2. The van der Waals surface area contributed by atoms with Crippen LogP contribution in [0.3, 0.4) is 0 Å². The number of benzene rings is 1. The van der Waals surface area contributed by atoms with Gasteiger partial charge in [0.15, 0.2) is 0 Å². The molecule has 4 heteroatoms. The van der Waals surface area contributed by atoms with Crippen LogP contribution >= 0.6 is 0 Å². The van der Waals surface area contributed by atoms with Crippen molar-refractivity contribution in [2.45, 2.75) is 39.2 Å². The van der Waals surface area contributed by atoms with Crippen LogP contribution in [0.4, 0.5) is 0 Å². The van der Waals surface area contributed by atoms with E-state index in [0.717, 1.165) is 56.6 Å². The zero-order valence-corrected chi connectivity index (χ0v) is 13.4. The Morgan fingerprint density at radius 3 is 2.82 bits per heavy atom.